The third-order valence-corrected chi connectivity index (χ3v) is 16.9. The highest BCUT2D eigenvalue weighted by Gasteiger charge is 2.53. The van der Waals surface area contributed by atoms with Gasteiger partial charge in [-0.05, 0) is 145 Å². The Morgan fingerprint density at radius 1 is 0.619 bits per heavy atom. The van der Waals surface area contributed by atoms with Crippen LogP contribution in [0.3, 0.4) is 0 Å². The monoisotopic (exact) mass is 1120 g/mol. The van der Waals surface area contributed by atoms with Crippen LogP contribution in [0.15, 0.2) is 169 Å². The van der Waals surface area contributed by atoms with Crippen LogP contribution in [0.25, 0.3) is 22.2 Å². The SMILES string of the molecule is CC(C)Oc1ccc(-c2nn(C(c3ccccc3)(c3ccccc3)c3ccccc3)c3ccc(N4CCC5(CCN(C(=O)OC(C)(C)C)C5)C4=O)cc23)cn1.CC(C)Oc1ccc(C2=NCc3ccc(N4CCC5(CCNC5)C4=O)cc32)cn1. The lowest BCUT2D eigenvalue weighted by molar-refractivity contribution is -0.125. The van der Waals surface area contributed by atoms with Gasteiger partial charge in [-0.3, -0.25) is 14.6 Å². The van der Waals surface area contributed by atoms with Crippen LogP contribution < -0.4 is 24.6 Å². The summed E-state index contributed by atoms with van der Waals surface area (Å²) >= 11 is 0. The molecule has 0 saturated carbocycles. The minimum absolute atomic E-state index is 0.0124. The molecule has 15 heteroatoms. The van der Waals surface area contributed by atoms with Crippen molar-refractivity contribution >= 4 is 45.9 Å². The van der Waals surface area contributed by atoms with Crippen LogP contribution in [-0.4, -0.2) is 105 Å². The summed E-state index contributed by atoms with van der Waals surface area (Å²) in [6.45, 7) is 18.1. The number of hydrogen-bond donors (Lipinski definition) is 1. The van der Waals surface area contributed by atoms with Gasteiger partial charge in [0, 0.05) is 90.7 Å². The van der Waals surface area contributed by atoms with E-state index in [-0.39, 0.29) is 35.5 Å². The maximum atomic E-state index is 14.4. The summed E-state index contributed by atoms with van der Waals surface area (Å²) in [5.41, 5.74) is 9.29. The first-order valence-electron chi connectivity index (χ1n) is 29.5. The van der Waals surface area contributed by atoms with Gasteiger partial charge in [0.2, 0.25) is 23.6 Å². The van der Waals surface area contributed by atoms with Gasteiger partial charge in [0.15, 0.2) is 0 Å². The molecule has 8 heterocycles. The molecule has 0 radical (unpaired) electrons. The Kier molecular flexibility index (Phi) is 14.9. The van der Waals surface area contributed by atoms with Crippen molar-refractivity contribution in [2.75, 3.05) is 49.1 Å². The van der Waals surface area contributed by atoms with E-state index in [1.165, 1.54) is 5.56 Å². The van der Waals surface area contributed by atoms with E-state index in [2.05, 4.69) is 123 Å². The zero-order chi connectivity index (χ0) is 58.4. The molecule has 84 heavy (non-hydrogen) atoms. The number of fused-ring (bicyclic) bond motifs is 2. The fourth-order valence-electron chi connectivity index (χ4n) is 12.9. The second kappa shape index (κ2) is 22.5. The fraction of sp³-hybridized carbons (Fsp3) is 0.348. The molecule has 4 saturated heterocycles. The molecule has 5 aromatic carbocycles. The van der Waals surface area contributed by atoms with Crippen LogP contribution in [0, 0.1) is 10.8 Å². The first-order valence-corrected chi connectivity index (χ1v) is 29.5. The third kappa shape index (κ3) is 10.5. The number of pyridine rings is 2. The highest BCUT2D eigenvalue weighted by Crippen LogP contribution is 2.47. The van der Waals surface area contributed by atoms with Crippen molar-refractivity contribution in [1.82, 2.24) is 30.0 Å². The zero-order valence-electron chi connectivity index (χ0n) is 49.0. The largest absolute Gasteiger partial charge is 0.475 e. The molecule has 2 atom stereocenters. The van der Waals surface area contributed by atoms with E-state index in [1.54, 1.807) is 4.90 Å². The number of anilines is 2. The number of aliphatic imine (C=N–C) groups is 1. The number of rotatable bonds is 12. The van der Waals surface area contributed by atoms with Gasteiger partial charge in [-0.1, -0.05) is 97.1 Å². The highest BCUT2D eigenvalue weighted by atomic mass is 16.6. The van der Waals surface area contributed by atoms with Gasteiger partial charge in [0.25, 0.3) is 0 Å². The van der Waals surface area contributed by atoms with E-state index in [4.69, 9.17) is 24.3 Å². The van der Waals surface area contributed by atoms with Gasteiger partial charge in [0.05, 0.1) is 40.8 Å². The number of likely N-dealkylation sites (tertiary alicyclic amines) is 1. The van der Waals surface area contributed by atoms with Crippen LogP contribution in [0.1, 0.15) is 108 Å². The summed E-state index contributed by atoms with van der Waals surface area (Å²) in [6, 6.07) is 51.8. The van der Waals surface area contributed by atoms with Crippen LogP contribution in [0.4, 0.5) is 16.2 Å². The summed E-state index contributed by atoms with van der Waals surface area (Å²) in [5.74, 6) is 1.46. The molecule has 5 aliphatic rings. The molecule has 8 aromatic rings. The molecule has 5 aliphatic heterocycles. The number of ether oxygens (including phenoxy) is 3. The average Bonchev–Trinajstić information content (AvgIpc) is 2.44. The normalized spacial score (nSPS) is 19.4. The van der Waals surface area contributed by atoms with Crippen LogP contribution in [0.5, 0.6) is 11.8 Å². The summed E-state index contributed by atoms with van der Waals surface area (Å²) < 4.78 is 19.4. The van der Waals surface area contributed by atoms with E-state index in [0.29, 0.717) is 50.8 Å². The van der Waals surface area contributed by atoms with Crippen LogP contribution >= 0.6 is 0 Å². The maximum Gasteiger partial charge on any atom is 0.410 e. The molecule has 4 fully saturated rings. The highest BCUT2D eigenvalue weighted by molar-refractivity contribution is 6.16. The molecule has 1 N–H and O–H groups in total. The number of aromatic nitrogens is 4. The molecule has 430 valence electrons. The lowest BCUT2D eigenvalue weighted by atomic mass is 9.77. The van der Waals surface area contributed by atoms with Gasteiger partial charge in [-0.25, -0.2) is 19.4 Å². The molecular formula is C69H73N9O6. The van der Waals surface area contributed by atoms with Crippen molar-refractivity contribution in [2.45, 2.75) is 104 Å². The number of amides is 3. The van der Waals surface area contributed by atoms with Crippen molar-refractivity contribution in [3.8, 4) is 23.0 Å². The van der Waals surface area contributed by atoms with E-state index in [9.17, 15) is 14.4 Å². The van der Waals surface area contributed by atoms with Gasteiger partial charge < -0.3 is 34.2 Å². The first-order chi connectivity index (χ1) is 40.5. The first kappa shape index (κ1) is 55.8. The van der Waals surface area contributed by atoms with E-state index in [1.807, 2.05) is 119 Å². The van der Waals surface area contributed by atoms with E-state index < -0.39 is 16.6 Å². The minimum Gasteiger partial charge on any atom is -0.475 e. The van der Waals surface area contributed by atoms with E-state index in [0.717, 1.165) is 99.5 Å². The predicted molar refractivity (Wildman–Crippen MR) is 328 cm³/mol. The molecule has 0 aliphatic carbocycles. The van der Waals surface area contributed by atoms with Gasteiger partial charge in [-0.15, -0.1) is 0 Å². The Hall–Kier alpha value is -8.69. The Balaban J connectivity index is 0.000000200. The number of nitrogens with zero attached hydrogens (tertiary/aromatic N) is 8. The fourth-order valence-corrected chi connectivity index (χ4v) is 12.9. The Morgan fingerprint density at radius 3 is 1.71 bits per heavy atom. The number of carbonyl (C=O) groups is 3. The van der Waals surface area contributed by atoms with Gasteiger partial charge in [-0.2, -0.15) is 5.10 Å². The molecule has 2 unspecified atom stereocenters. The van der Waals surface area contributed by atoms with Crippen molar-refractivity contribution in [3.05, 3.63) is 197 Å². The molecule has 0 bridgehead atoms. The smallest absolute Gasteiger partial charge is 0.410 e. The lowest BCUT2D eigenvalue weighted by Crippen LogP contribution is -2.40. The zero-order valence-corrected chi connectivity index (χ0v) is 49.0. The topological polar surface area (TPSA) is 157 Å². The Morgan fingerprint density at radius 2 is 1.17 bits per heavy atom. The Labute approximate surface area is 491 Å². The minimum atomic E-state index is -0.863. The molecule has 2 spiro atoms. The second-order valence-corrected chi connectivity index (χ2v) is 24.4. The van der Waals surface area contributed by atoms with Crippen molar-refractivity contribution < 1.29 is 28.6 Å². The number of carbonyl (C=O) groups excluding carboxylic acids is 3. The quantitative estimate of drug-likeness (QED) is 0.117. The number of hydrogen-bond acceptors (Lipinski definition) is 11. The predicted octanol–water partition coefficient (Wildman–Crippen LogP) is 12.0. The van der Waals surface area contributed by atoms with Gasteiger partial charge in [0.1, 0.15) is 16.8 Å². The standard InChI is InChI=1S/C46H47N5O4.C23H26N4O2/c1-32(2)54-40-24-21-33(30-47-40)41-38-29-37(50-28-26-45(42(50)52)25-27-49(31-45)43(53)55-44(3,4)5)22-23-39(38)51(48-41)46(34-15-9-6-10-16-34,35-17-11-7-12-18-35)36-19-13-8-14-20-36;1-15(2)29-20-6-4-17(13-25-20)21-19-11-18(5-3-16(19)12-26-21)27-10-8-23(22(27)28)7-9-24-14-23/h6-24,29-30,32H,25-28,31H2,1-5H3;3-6,11,13,15,24H,7-10,12,14H2,1-2H3. The van der Waals surface area contributed by atoms with Crippen molar-refractivity contribution in [3.63, 3.8) is 0 Å². The Bertz CT molecular complexity index is 3650. The molecule has 3 amide bonds. The third-order valence-electron chi connectivity index (χ3n) is 16.9. The molecular weight excluding hydrogens is 1050 g/mol. The van der Waals surface area contributed by atoms with Crippen molar-refractivity contribution in [2.24, 2.45) is 15.8 Å². The average molecular weight is 1120 g/mol. The maximum absolute atomic E-state index is 14.4. The summed E-state index contributed by atoms with van der Waals surface area (Å²) in [4.78, 5) is 59.9. The number of benzene rings is 5. The summed E-state index contributed by atoms with van der Waals surface area (Å²) in [7, 11) is 0. The van der Waals surface area contributed by atoms with Gasteiger partial charge >= 0.3 is 6.09 Å². The van der Waals surface area contributed by atoms with Crippen LogP contribution in [0.2, 0.25) is 0 Å². The summed E-state index contributed by atoms with van der Waals surface area (Å²) in [5, 5.41) is 9.79. The molecule has 15 nitrogen and oxygen atoms in total. The lowest BCUT2D eigenvalue weighted by Gasteiger charge is -2.37. The number of nitrogens with one attached hydrogen (secondary N) is 1. The molecule has 3 aromatic heterocycles. The summed E-state index contributed by atoms with van der Waals surface area (Å²) in [6.07, 6.45) is 6.48. The molecule has 13 rings (SSSR count). The second-order valence-electron chi connectivity index (χ2n) is 24.4. The van der Waals surface area contributed by atoms with Crippen LogP contribution in [-0.2, 0) is 26.4 Å². The van der Waals surface area contributed by atoms with E-state index >= 15 is 0 Å². The van der Waals surface area contributed by atoms with Crippen molar-refractivity contribution in [1.29, 1.82) is 0 Å².